The Kier molecular flexibility index (Phi) is 12.3. The molecule has 0 aromatic rings. The van der Waals surface area contributed by atoms with Gasteiger partial charge in [-0.25, -0.2) is 18.2 Å². The Morgan fingerprint density at radius 3 is 2.25 bits per heavy atom. The van der Waals surface area contributed by atoms with Crippen molar-refractivity contribution in [2.24, 2.45) is 10.9 Å². The molecule has 140 valence electrons. The average molecular weight is 350 g/mol. The Labute approximate surface area is 142 Å². The third-order valence-corrected chi connectivity index (χ3v) is 3.43. The summed E-state index contributed by atoms with van der Waals surface area (Å²) in [5, 5.41) is 3.14. The van der Waals surface area contributed by atoms with Gasteiger partial charge in [-0.05, 0) is 38.0 Å². The minimum atomic E-state index is -1.18. The second-order valence-electron chi connectivity index (χ2n) is 5.63. The summed E-state index contributed by atoms with van der Waals surface area (Å²) in [6.45, 7) is 3.37. The predicted molar refractivity (Wildman–Crippen MR) is 91.4 cm³/mol. The van der Waals surface area contributed by atoms with E-state index in [2.05, 4.69) is 10.3 Å². The Balaban J connectivity index is 4.99. The summed E-state index contributed by atoms with van der Waals surface area (Å²) in [6, 6.07) is -0.302. The van der Waals surface area contributed by atoms with E-state index in [1.54, 1.807) is 14.2 Å². The van der Waals surface area contributed by atoms with E-state index in [1.807, 2.05) is 20.9 Å². The number of aliphatic imine (C=N–C) groups is 1. The first-order chi connectivity index (χ1) is 11.4. The number of rotatable bonds is 11. The first-order valence-corrected chi connectivity index (χ1v) is 7.96. The van der Waals surface area contributed by atoms with E-state index >= 15 is 0 Å². The van der Waals surface area contributed by atoms with Crippen LogP contribution in [0.15, 0.2) is 28.8 Å². The number of nitrogens with one attached hydrogen (secondary N) is 1. The fraction of sp³-hybridized carbons (Fsp3) is 0.706. The van der Waals surface area contributed by atoms with Gasteiger partial charge < -0.3 is 14.8 Å². The summed E-state index contributed by atoms with van der Waals surface area (Å²) in [4.78, 5) is 4.54. The number of allylic oxidation sites excluding steroid dienone is 4. The fourth-order valence-electron chi connectivity index (χ4n) is 2.22. The molecular formula is C17H29F3N2O2. The quantitative estimate of drug-likeness (QED) is 0.351. The maximum Gasteiger partial charge on any atom is 0.201 e. The van der Waals surface area contributed by atoms with Gasteiger partial charge in [-0.3, -0.25) is 0 Å². The van der Waals surface area contributed by atoms with Crippen LogP contribution in [0.1, 0.15) is 26.7 Å². The van der Waals surface area contributed by atoms with Crippen molar-refractivity contribution >= 4 is 5.90 Å². The van der Waals surface area contributed by atoms with E-state index in [0.29, 0.717) is 25.0 Å². The van der Waals surface area contributed by atoms with E-state index in [-0.39, 0.29) is 24.4 Å². The van der Waals surface area contributed by atoms with Gasteiger partial charge >= 0.3 is 0 Å². The highest BCUT2D eigenvalue weighted by atomic mass is 19.2. The SMILES string of the molecule is CN[C@H](C(=N[C@H](CC/C=C(F)\C(F)=C/CF)COC)OC)C(C)C. The molecule has 0 aliphatic rings. The van der Waals surface area contributed by atoms with Crippen molar-refractivity contribution in [3.05, 3.63) is 23.8 Å². The van der Waals surface area contributed by atoms with Crippen LogP contribution in [0.2, 0.25) is 0 Å². The Morgan fingerprint density at radius 2 is 1.79 bits per heavy atom. The molecule has 0 aromatic heterocycles. The Hall–Kier alpha value is -1.34. The molecule has 24 heavy (non-hydrogen) atoms. The van der Waals surface area contributed by atoms with Gasteiger partial charge in [0.15, 0.2) is 11.7 Å². The highest BCUT2D eigenvalue weighted by molar-refractivity contribution is 5.82. The summed E-state index contributed by atoms with van der Waals surface area (Å²) < 4.78 is 48.9. The molecular weight excluding hydrogens is 321 g/mol. The van der Waals surface area contributed by atoms with Crippen molar-refractivity contribution in [1.82, 2.24) is 5.32 Å². The van der Waals surface area contributed by atoms with Gasteiger partial charge in [0.1, 0.15) is 6.67 Å². The highest BCUT2D eigenvalue weighted by Gasteiger charge is 2.20. The van der Waals surface area contributed by atoms with Crippen molar-refractivity contribution in [3.63, 3.8) is 0 Å². The Bertz CT molecular complexity index is 438. The van der Waals surface area contributed by atoms with Crippen LogP contribution in [-0.2, 0) is 9.47 Å². The number of methoxy groups -OCH3 is 2. The van der Waals surface area contributed by atoms with Crippen molar-refractivity contribution in [2.45, 2.75) is 38.8 Å². The van der Waals surface area contributed by atoms with Crippen LogP contribution in [0.5, 0.6) is 0 Å². The van der Waals surface area contributed by atoms with Crippen molar-refractivity contribution in [2.75, 3.05) is 34.5 Å². The van der Waals surface area contributed by atoms with Gasteiger partial charge in [0.2, 0.25) is 5.90 Å². The van der Waals surface area contributed by atoms with Crippen LogP contribution in [0.4, 0.5) is 13.2 Å². The summed E-state index contributed by atoms with van der Waals surface area (Å²) in [5.41, 5.74) is 0. The first kappa shape index (κ1) is 22.7. The molecule has 0 bridgehead atoms. The van der Waals surface area contributed by atoms with E-state index in [4.69, 9.17) is 9.47 Å². The van der Waals surface area contributed by atoms with Crippen molar-refractivity contribution in [1.29, 1.82) is 0 Å². The normalized spacial score (nSPS) is 16.5. The standard InChI is InChI=1S/C17H29F3N2O2/c1-12(2)16(21-3)17(24-5)22-13(11-23-4)7-6-8-14(19)15(20)9-10-18/h8-9,12-13,16,21H,6-7,10-11H2,1-5H3/b14-8+,15-9+,22-17?/t13-,16+/m1/s1. The number of alkyl halides is 1. The smallest absolute Gasteiger partial charge is 0.201 e. The maximum atomic E-state index is 13.4. The monoisotopic (exact) mass is 350 g/mol. The van der Waals surface area contributed by atoms with Gasteiger partial charge in [0.05, 0.1) is 25.8 Å². The zero-order valence-corrected chi connectivity index (χ0v) is 15.1. The fourth-order valence-corrected chi connectivity index (χ4v) is 2.22. The summed E-state index contributed by atoms with van der Waals surface area (Å²) in [6.07, 6.45) is 2.34. The molecule has 0 aromatic carbocycles. The lowest BCUT2D eigenvalue weighted by atomic mass is 10.0. The molecule has 0 heterocycles. The molecule has 0 rings (SSSR count). The molecule has 0 saturated carbocycles. The van der Waals surface area contributed by atoms with E-state index in [0.717, 1.165) is 6.08 Å². The van der Waals surface area contributed by atoms with E-state index < -0.39 is 18.3 Å². The van der Waals surface area contributed by atoms with Gasteiger partial charge in [-0.15, -0.1) is 0 Å². The molecule has 0 aliphatic heterocycles. The topological polar surface area (TPSA) is 42.9 Å². The van der Waals surface area contributed by atoms with E-state index in [9.17, 15) is 13.2 Å². The zero-order valence-electron chi connectivity index (χ0n) is 15.1. The van der Waals surface area contributed by atoms with Crippen LogP contribution in [0.3, 0.4) is 0 Å². The Morgan fingerprint density at radius 1 is 1.17 bits per heavy atom. The molecule has 0 amide bonds. The second-order valence-corrected chi connectivity index (χ2v) is 5.63. The summed E-state index contributed by atoms with van der Waals surface area (Å²) in [5.74, 6) is -1.43. The largest absolute Gasteiger partial charge is 0.483 e. The molecule has 0 radical (unpaired) electrons. The highest BCUT2D eigenvalue weighted by Crippen LogP contribution is 2.16. The molecule has 4 nitrogen and oxygen atoms in total. The number of halogens is 3. The number of hydrogen-bond acceptors (Lipinski definition) is 4. The average Bonchev–Trinajstić information content (AvgIpc) is 2.54. The molecule has 0 saturated heterocycles. The van der Waals surface area contributed by atoms with E-state index in [1.165, 1.54) is 0 Å². The molecule has 0 fully saturated rings. The number of likely N-dealkylation sites (N-methyl/N-ethyl adjacent to an activating group) is 1. The lowest BCUT2D eigenvalue weighted by molar-refractivity contribution is 0.176. The van der Waals surface area contributed by atoms with Crippen LogP contribution in [-0.4, -0.2) is 52.5 Å². The summed E-state index contributed by atoms with van der Waals surface area (Å²) in [7, 11) is 4.92. The van der Waals surface area contributed by atoms with Gasteiger partial charge in [0.25, 0.3) is 0 Å². The number of ether oxygens (including phenoxy) is 2. The minimum absolute atomic E-state index is 0.0495. The molecule has 0 spiro atoms. The molecule has 2 atom stereocenters. The molecule has 7 heteroatoms. The second kappa shape index (κ2) is 13.0. The first-order valence-electron chi connectivity index (χ1n) is 7.96. The predicted octanol–water partition coefficient (Wildman–Crippen LogP) is 3.75. The minimum Gasteiger partial charge on any atom is -0.483 e. The maximum absolute atomic E-state index is 13.4. The number of hydrogen-bond donors (Lipinski definition) is 1. The van der Waals surface area contributed by atoms with Crippen molar-refractivity contribution < 1.29 is 22.6 Å². The third-order valence-electron chi connectivity index (χ3n) is 3.43. The van der Waals surface area contributed by atoms with Crippen LogP contribution >= 0.6 is 0 Å². The number of nitrogens with zero attached hydrogens (tertiary/aromatic N) is 1. The van der Waals surface area contributed by atoms with Crippen molar-refractivity contribution in [3.8, 4) is 0 Å². The molecule has 1 N–H and O–H groups in total. The van der Waals surface area contributed by atoms with Crippen LogP contribution in [0.25, 0.3) is 0 Å². The lowest BCUT2D eigenvalue weighted by Crippen LogP contribution is -2.40. The van der Waals surface area contributed by atoms with Gasteiger partial charge in [-0.1, -0.05) is 13.8 Å². The zero-order chi connectivity index (χ0) is 18.5. The lowest BCUT2D eigenvalue weighted by Gasteiger charge is -2.23. The van der Waals surface area contributed by atoms with Crippen LogP contribution < -0.4 is 5.32 Å². The summed E-state index contributed by atoms with van der Waals surface area (Å²) >= 11 is 0. The van der Waals surface area contributed by atoms with Gasteiger partial charge in [0, 0.05) is 7.11 Å². The molecule has 0 unspecified atom stereocenters. The molecule has 0 aliphatic carbocycles. The van der Waals surface area contributed by atoms with Gasteiger partial charge in [-0.2, -0.15) is 0 Å². The van der Waals surface area contributed by atoms with Crippen LogP contribution in [0, 0.1) is 5.92 Å². The third kappa shape index (κ3) is 8.49.